The second-order valence-corrected chi connectivity index (χ2v) is 7.19. The molecule has 1 aliphatic heterocycles. The van der Waals surface area contributed by atoms with Crippen molar-refractivity contribution in [1.82, 2.24) is 15.1 Å². The molecule has 1 aromatic heterocycles. The van der Waals surface area contributed by atoms with Crippen molar-refractivity contribution in [2.24, 2.45) is 11.3 Å². The average molecular weight is 293 g/mol. The monoisotopic (exact) mass is 293 g/mol. The summed E-state index contributed by atoms with van der Waals surface area (Å²) in [7, 11) is 0. The second-order valence-electron chi connectivity index (χ2n) is 7.19. The van der Waals surface area contributed by atoms with Gasteiger partial charge in [0.05, 0.1) is 5.69 Å². The first-order valence-corrected chi connectivity index (χ1v) is 8.33. The van der Waals surface area contributed by atoms with Gasteiger partial charge in [-0.1, -0.05) is 13.8 Å². The van der Waals surface area contributed by atoms with E-state index in [2.05, 4.69) is 50.0 Å². The van der Waals surface area contributed by atoms with Crippen LogP contribution in [-0.4, -0.2) is 36.1 Å². The van der Waals surface area contributed by atoms with E-state index in [0.717, 1.165) is 45.6 Å². The van der Waals surface area contributed by atoms with E-state index < -0.39 is 0 Å². The third-order valence-electron chi connectivity index (χ3n) is 4.35. The first kappa shape index (κ1) is 16.5. The summed E-state index contributed by atoms with van der Waals surface area (Å²) < 4.78 is 7.64. The Morgan fingerprint density at radius 3 is 2.57 bits per heavy atom. The predicted octanol–water partition coefficient (Wildman–Crippen LogP) is 3.05. The Morgan fingerprint density at radius 1 is 1.29 bits per heavy atom. The first-order chi connectivity index (χ1) is 10.0. The summed E-state index contributed by atoms with van der Waals surface area (Å²) in [6.45, 7) is 12.8. The van der Waals surface area contributed by atoms with Crippen LogP contribution in [0.25, 0.3) is 0 Å². The standard InChI is InChI=1S/C17H31N3O/c1-14(2)12-18-13-17(6-9-21-10-7-17)11-16-5-8-20(19-16)15(3)4/h5,8,14-15,18H,6-7,9-13H2,1-4H3. The van der Waals surface area contributed by atoms with Gasteiger partial charge in [-0.25, -0.2) is 0 Å². The van der Waals surface area contributed by atoms with Gasteiger partial charge >= 0.3 is 0 Å². The van der Waals surface area contributed by atoms with Crippen LogP contribution in [0, 0.1) is 11.3 Å². The second kappa shape index (κ2) is 7.41. The Kier molecular flexibility index (Phi) is 5.82. The van der Waals surface area contributed by atoms with Crippen LogP contribution in [0.2, 0.25) is 0 Å². The molecule has 1 fully saturated rings. The van der Waals surface area contributed by atoms with Gasteiger partial charge in [0.1, 0.15) is 0 Å². The fraction of sp³-hybridized carbons (Fsp3) is 0.824. The minimum Gasteiger partial charge on any atom is -0.381 e. The molecule has 0 amide bonds. The van der Waals surface area contributed by atoms with Crippen molar-refractivity contribution in [3.05, 3.63) is 18.0 Å². The predicted molar refractivity (Wildman–Crippen MR) is 86.5 cm³/mol. The highest BCUT2D eigenvalue weighted by Gasteiger charge is 2.33. The lowest BCUT2D eigenvalue weighted by Crippen LogP contribution is -2.41. The lowest BCUT2D eigenvalue weighted by molar-refractivity contribution is 0.0142. The van der Waals surface area contributed by atoms with Crippen molar-refractivity contribution in [3.63, 3.8) is 0 Å². The number of nitrogens with zero attached hydrogens (tertiary/aromatic N) is 2. The van der Waals surface area contributed by atoms with E-state index in [4.69, 9.17) is 9.84 Å². The molecule has 1 saturated heterocycles. The van der Waals surface area contributed by atoms with Gasteiger partial charge in [0.2, 0.25) is 0 Å². The molecular weight excluding hydrogens is 262 g/mol. The van der Waals surface area contributed by atoms with Gasteiger partial charge in [-0.2, -0.15) is 5.10 Å². The first-order valence-electron chi connectivity index (χ1n) is 8.33. The zero-order chi connectivity index (χ0) is 15.3. The van der Waals surface area contributed by atoms with Crippen LogP contribution in [0.5, 0.6) is 0 Å². The fourth-order valence-electron chi connectivity index (χ4n) is 2.99. The smallest absolute Gasteiger partial charge is 0.0630 e. The van der Waals surface area contributed by atoms with Crippen molar-refractivity contribution >= 4 is 0 Å². The van der Waals surface area contributed by atoms with E-state index in [1.165, 1.54) is 5.69 Å². The quantitative estimate of drug-likeness (QED) is 0.840. The largest absolute Gasteiger partial charge is 0.381 e. The van der Waals surface area contributed by atoms with Gasteiger partial charge in [-0.3, -0.25) is 4.68 Å². The molecule has 21 heavy (non-hydrogen) atoms. The Hall–Kier alpha value is -0.870. The Balaban J connectivity index is 2.00. The molecule has 0 radical (unpaired) electrons. The maximum Gasteiger partial charge on any atom is 0.0630 e. The van der Waals surface area contributed by atoms with Crippen molar-refractivity contribution in [2.45, 2.75) is 53.0 Å². The molecule has 4 heteroatoms. The summed E-state index contributed by atoms with van der Waals surface area (Å²) in [6, 6.07) is 2.61. The van der Waals surface area contributed by atoms with E-state index in [1.54, 1.807) is 0 Å². The summed E-state index contributed by atoms with van der Waals surface area (Å²) in [4.78, 5) is 0. The number of nitrogens with one attached hydrogen (secondary N) is 1. The highest BCUT2D eigenvalue weighted by molar-refractivity contribution is 5.05. The molecule has 0 aliphatic carbocycles. The van der Waals surface area contributed by atoms with Gasteiger partial charge < -0.3 is 10.1 Å². The maximum atomic E-state index is 5.58. The molecule has 1 aliphatic rings. The van der Waals surface area contributed by atoms with E-state index in [-0.39, 0.29) is 0 Å². The van der Waals surface area contributed by atoms with Gasteiger partial charge in [0, 0.05) is 32.0 Å². The molecule has 0 saturated carbocycles. The number of hydrogen-bond donors (Lipinski definition) is 1. The third-order valence-corrected chi connectivity index (χ3v) is 4.35. The van der Waals surface area contributed by atoms with E-state index in [0.29, 0.717) is 17.4 Å². The summed E-state index contributed by atoms with van der Waals surface area (Å²) in [5.74, 6) is 0.696. The number of rotatable bonds is 7. The lowest BCUT2D eigenvalue weighted by atomic mass is 9.76. The molecule has 0 atom stereocenters. The van der Waals surface area contributed by atoms with Crippen molar-refractivity contribution in [1.29, 1.82) is 0 Å². The van der Waals surface area contributed by atoms with Crippen LogP contribution in [0.15, 0.2) is 12.3 Å². The van der Waals surface area contributed by atoms with Gasteiger partial charge in [0.25, 0.3) is 0 Å². The van der Waals surface area contributed by atoms with Crippen LogP contribution in [-0.2, 0) is 11.2 Å². The normalized spacial score (nSPS) is 18.6. The van der Waals surface area contributed by atoms with E-state index >= 15 is 0 Å². The van der Waals surface area contributed by atoms with E-state index in [9.17, 15) is 0 Å². The summed E-state index contributed by atoms with van der Waals surface area (Å²) in [5.41, 5.74) is 1.53. The Morgan fingerprint density at radius 2 is 2.00 bits per heavy atom. The lowest BCUT2D eigenvalue weighted by Gasteiger charge is -2.37. The van der Waals surface area contributed by atoms with Crippen molar-refractivity contribution in [3.8, 4) is 0 Å². The van der Waals surface area contributed by atoms with E-state index in [1.807, 2.05) is 0 Å². The van der Waals surface area contributed by atoms with Crippen molar-refractivity contribution < 1.29 is 4.74 Å². The highest BCUT2D eigenvalue weighted by atomic mass is 16.5. The van der Waals surface area contributed by atoms with Gasteiger partial charge in [-0.15, -0.1) is 0 Å². The molecule has 0 bridgehead atoms. The van der Waals surface area contributed by atoms with Crippen LogP contribution in [0.3, 0.4) is 0 Å². The zero-order valence-electron chi connectivity index (χ0n) is 14.1. The molecule has 0 aromatic carbocycles. The number of ether oxygens (including phenoxy) is 1. The van der Waals surface area contributed by atoms with Crippen LogP contribution >= 0.6 is 0 Å². The number of aromatic nitrogens is 2. The highest BCUT2D eigenvalue weighted by Crippen LogP contribution is 2.33. The van der Waals surface area contributed by atoms with Gasteiger partial charge in [0.15, 0.2) is 0 Å². The molecule has 2 heterocycles. The molecule has 1 aromatic rings. The average Bonchev–Trinajstić information content (AvgIpc) is 2.88. The fourth-order valence-corrected chi connectivity index (χ4v) is 2.99. The molecule has 4 nitrogen and oxygen atoms in total. The summed E-state index contributed by atoms with van der Waals surface area (Å²) >= 11 is 0. The number of hydrogen-bond acceptors (Lipinski definition) is 3. The van der Waals surface area contributed by atoms with Gasteiger partial charge in [-0.05, 0) is 57.1 Å². The molecule has 0 unspecified atom stereocenters. The maximum absolute atomic E-state index is 5.58. The Labute approximate surface area is 129 Å². The summed E-state index contributed by atoms with van der Waals surface area (Å²) in [5, 5.41) is 8.40. The minimum absolute atomic E-state index is 0.309. The molecule has 0 spiro atoms. The van der Waals surface area contributed by atoms with Crippen LogP contribution in [0.1, 0.15) is 52.3 Å². The Bertz CT molecular complexity index is 419. The molecule has 2 rings (SSSR count). The minimum atomic E-state index is 0.309. The van der Waals surface area contributed by atoms with Crippen LogP contribution < -0.4 is 5.32 Å². The molecule has 1 N–H and O–H groups in total. The SMILES string of the molecule is CC(C)CNCC1(Cc2ccn(C(C)C)n2)CCOCC1. The van der Waals surface area contributed by atoms with Crippen LogP contribution in [0.4, 0.5) is 0 Å². The third kappa shape index (κ3) is 4.82. The molecular formula is C17H31N3O. The topological polar surface area (TPSA) is 39.1 Å². The summed E-state index contributed by atoms with van der Waals surface area (Å²) in [6.07, 6.45) is 5.43. The molecule has 120 valence electrons. The zero-order valence-corrected chi connectivity index (χ0v) is 14.1. The van der Waals surface area contributed by atoms with Crippen molar-refractivity contribution in [2.75, 3.05) is 26.3 Å².